The lowest BCUT2D eigenvalue weighted by atomic mass is 9.87. The van der Waals surface area contributed by atoms with E-state index in [9.17, 15) is 9.90 Å². The molecule has 0 bridgehead atoms. The maximum atomic E-state index is 12.3. The van der Waals surface area contributed by atoms with E-state index >= 15 is 0 Å². The molecule has 0 unspecified atom stereocenters. The average Bonchev–Trinajstić information content (AvgIpc) is 3.10. The van der Waals surface area contributed by atoms with E-state index in [2.05, 4.69) is 10.2 Å². The molecule has 0 radical (unpaired) electrons. The summed E-state index contributed by atoms with van der Waals surface area (Å²) in [5.41, 5.74) is 0. The van der Waals surface area contributed by atoms with Crippen molar-refractivity contribution in [2.75, 3.05) is 13.1 Å². The number of aliphatic hydroxyl groups excluding tert-OH is 1. The molecule has 0 spiro atoms. The van der Waals surface area contributed by atoms with Gasteiger partial charge in [0.15, 0.2) is 0 Å². The highest BCUT2D eigenvalue weighted by Crippen LogP contribution is 2.30. The smallest absolute Gasteiger partial charge is 0.223 e. The van der Waals surface area contributed by atoms with Crippen LogP contribution < -0.4 is 5.32 Å². The number of carbonyl (C=O) groups is 1. The molecule has 23 heavy (non-hydrogen) atoms. The van der Waals surface area contributed by atoms with Gasteiger partial charge in [0.2, 0.25) is 5.91 Å². The molecule has 0 aromatic rings. The van der Waals surface area contributed by atoms with Crippen LogP contribution in [-0.2, 0) is 4.79 Å². The monoisotopic (exact) mass is 322 g/mol. The molecule has 1 aliphatic heterocycles. The fraction of sp³-hybridized carbons (Fsp3) is 0.947. The molecule has 0 aromatic carbocycles. The van der Waals surface area contributed by atoms with Crippen molar-refractivity contribution < 1.29 is 9.90 Å². The average molecular weight is 322 g/mol. The first-order chi connectivity index (χ1) is 11.2. The van der Waals surface area contributed by atoms with E-state index in [0.717, 1.165) is 44.7 Å². The minimum Gasteiger partial charge on any atom is -0.393 e. The van der Waals surface area contributed by atoms with E-state index in [1.807, 2.05) is 0 Å². The van der Waals surface area contributed by atoms with Crippen LogP contribution in [0, 0.1) is 5.92 Å². The van der Waals surface area contributed by atoms with Crippen LogP contribution in [0.1, 0.15) is 77.0 Å². The van der Waals surface area contributed by atoms with Gasteiger partial charge in [0.05, 0.1) is 6.10 Å². The SMILES string of the molecule is O=C(NCC[C@H]1CCCCN1C1CCCC1)C1CCC(O)CC1. The van der Waals surface area contributed by atoms with Gasteiger partial charge < -0.3 is 10.4 Å². The summed E-state index contributed by atoms with van der Waals surface area (Å²) < 4.78 is 0. The number of nitrogens with one attached hydrogen (secondary N) is 1. The Balaban J connectivity index is 1.40. The second kappa shape index (κ2) is 8.48. The van der Waals surface area contributed by atoms with Crippen molar-refractivity contribution in [2.45, 2.75) is 95.2 Å². The molecule has 3 aliphatic rings. The van der Waals surface area contributed by atoms with Crippen molar-refractivity contribution in [3.63, 3.8) is 0 Å². The summed E-state index contributed by atoms with van der Waals surface area (Å²) in [6.45, 7) is 2.09. The van der Waals surface area contributed by atoms with E-state index in [4.69, 9.17) is 0 Å². The van der Waals surface area contributed by atoms with Gasteiger partial charge in [-0.2, -0.15) is 0 Å². The number of aliphatic hydroxyl groups is 1. The van der Waals surface area contributed by atoms with Crippen LogP contribution in [0.15, 0.2) is 0 Å². The number of nitrogens with zero attached hydrogens (tertiary/aromatic N) is 1. The number of hydrogen-bond donors (Lipinski definition) is 2. The van der Waals surface area contributed by atoms with Gasteiger partial charge in [-0.05, 0) is 64.3 Å². The second-order valence-electron chi connectivity index (χ2n) is 7.91. The molecule has 132 valence electrons. The van der Waals surface area contributed by atoms with Gasteiger partial charge in [-0.3, -0.25) is 9.69 Å². The lowest BCUT2D eigenvalue weighted by molar-refractivity contribution is -0.126. The highest BCUT2D eigenvalue weighted by atomic mass is 16.3. The standard InChI is InChI=1S/C19H34N2O2/c22-18-10-8-15(9-11-18)19(23)20-13-12-17-7-3-4-14-21(17)16-5-1-2-6-16/h15-18,22H,1-14H2,(H,20,23)/t15?,17-,18?/m1/s1. The lowest BCUT2D eigenvalue weighted by Gasteiger charge is -2.40. The number of likely N-dealkylation sites (tertiary alicyclic amines) is 1. The second-order valence-corrected chi connectivity index (χ2v) is 7.91. The highest BCUT2D eigenvalue weighted by molar-refractivity contribution is 5.78. The highest BCUT2D eigenvalue weighted by Gasteiger charge is 2.30. The van der Waals surface area contributed by atoms with Crippen molar-refractivity contribution in [1.29, 1.82) is 0 Å². The minimum absolute atomic E-state index is 0.135. The molecule has 4 nitrogen and oxygen atoms in total. The summed E-state index contributed by atoms with van der Waals surface area (Å²) in [6, 6.07) is 1.50. The van der Waals surface area contributed by atoms with Crippen molar-refractivity contribution in [2.24, 2.45) is 5.92 Å². The van der Waals surface area contributed by atoms with Gasteiger partial charge in [-0.25, -0.2) is 0 Å². The normalized spacial score (nSPS) is 33.7. The molecule has 2 aliphatic carbocycles. The zero-order valence-corrected chi connectivity index (χ0v) is 14.5. The van der Waals surface area contributed by atoms with E-state index in [0.29, 0.717) is 6.04 Å². The summed E-state index contributed by atoms with van der Waals surface area (Å²) in [5.74, 6) is 0.357. The predicted molar refractivity (Wildman–Crippen MR) is 92.2 cm³/mol. The summed E-state index contributed by atoms with van der Waals surface area (Å²) >= 11 is 0. The summed E-state index contributed by atoms with van der Waals surface area (Å²) in [7, 11) is 0. The van der Waals surface area contributed by atoms with Crippen LogP contribution in [0.25, 0.3) is 0 Å². The third-order valence-electron chi connectivity index (χ3n) is 6.31. The van der Waals surface area contributed by atoms with Crippen LogP contribution >= 0.6 is 0 Å². The zero-order chi connectivity index (χ0) is 16.1. The minimum atomic E-state index is -0.179. The Morgan fingerprint density at radius 3 is 2.39 bits per heavy atom. The van der Waals surface area contributed by atoms with Crippen molar-refractivity contribution in [3.8, 4) is 0 Å². The Hall–Kier alpha value is -0.610. The van der Waals surface area contributed by atoms with Gasteiger partial charge in [0.1, 0.15) is 0 Å². The molecule has 1 heterocycles. The summed E-state index contributed by atoms with van der Waals surface area (Å²) in [5, 5.41) is 12.7. The van der Waals surface area contributed by atoms with Gasteiger partial charge in [0.25, 0.3) is 0 Å². The van der Waals surface area contributed by atoms with Crippen LogP contribution in [0.3, 0.4) is 0 Å². The number of amides is 1. The molecule has 1 amide bonds. The van der Waals surface area contributed by atoms with E-state index in [1.54, 1.807) is 0 Å². The van der Waals surface area contributed by atoms with Crippen molar-refractivity contribution >= 4 is 5.91 Å². The number of rotatable bonds is 5. The topological polar surface area (TPSA) is 52.6 Å². The first-order valence-electron chi connectivity index (χ1n) is 9.95. The van der Waals surface area contributed by atoms with E-state index < -0.39 is 0 Å². The molecule has 4 heteroatoms. The summed E-state index contributed by atoms with van der Waals surface area (Å²) in [4.78, 5) is 15.0. The lowest BCUT2D eigenvalue weighted by Crippen LogP contribution is -2.46. The Bertz CT molecular complexity index is 374. The molecule has 0 aromatic heterocycles. The van der Waals surface area contributed by atoms with Crippen LogP contribution in [0.5, 0.6) is 0 Å². The van der Waals surface area contributed by atoms with Gasteiger partial charge in [-0.1, -0.05) is 19.3 Å². The zero-order valence-electron chi connectivity index (χ0n) is 14.5. The number of hydrogen-bond acceptors (Lipinski definition) is 3. The maximum absolute atomic E-state index is 12.3. The Morgan fingerprint density at radius 1 is 0.957 bits per heavy atom. The third kappa shape index (κ3) is 4.69. The maximum Gasteiger partial charge on any atom is 0.223 e. The first-order valence-corrected chi connectivity index (χ1v) is 9.95. The summed E-state index contributed by atoms with van der Waals surface area (Å²) in [6.07, 6.45) is 13.8. The Morgan fingerprint density at radius 2 is 1.65 bits per heavy atom. The van der Waals surface area contributed by atoms with Gasteiger partial charge in [-0.15, -0.1) is 0 Å². The molecule has 1 atom stereocenters. The van der Waals surface area contributed by atoms with Crippen molar-refractivity contribution in [3.05, 3.63) is 0 Å². The molecule has 1 saturated heterocycles. The Kier molecular flexibility index (Phi) is 6.35. The van der Waals surface area contributed by atoms with Crippen LogP contribution in [-0.4, -0.2) is 47.2 Å². The molecule has 3 rings (SSSR count). The van der Waals surface area contributed by atoms with Crippen molar-refractivity contribution in [1.82, 2.24) is 10.2 Å². The molecule has 2 saturated carbocycles. The van der Waals surface area contributed by atoms with E-state index in [-0.39, 0.29) is 17.9 Å². The number of carbonyl (C=O) groups excluding carboxylic acids is 1. The molecular formula is C19H34N2O2. The molecule has 3 fully saturated rings. The number of piperidine rings is 1. The molecule has 2 N–H and O–H groups in total. The Labute approximate surface area is 141 Å². The van der Waals surface area contributed by atoms with Gasteiger partial charge in [0, 0.05) is 24.5 Å². The van der Waals surface area contributed by atoms with E-state index in [1.165, 1.54) is 51.5 Å². The largest absolute Gasteiger partial charge is 0.393 e. The predicted octanol–water partition coefficient (Wildman–Crippen LogP) is 2.84. The fourth-order valence-corrected chi connectivity index (χ4v) is 4.89. The third-order valence-corrected chi connectivity index (χ3v) is 6.31. The quantitative estimate of drug-likeness (QED) is 0.818. The van der Waals surface area contributed by atoms with Gasteiger partial charge >= 0.3 is 0 Å². The van der Waals surface area contributed by atoms with Crippen LogP contribution in [0.2, 0.25) is 0 Å². The van der Waals surface area contributed by atoms with Crippen LogP contribution in [0.4, 0.5) is 0 Å². The fourth-order valence-electron chi connectivity index (χ4n) is 4.89. The molecular weight excluding hydrogens is 288 g/mol. The first kappa shape index (κ1) is 17.2.